The number of carbonyl (C=O) groups is 1. The van der Waals surface area contributed by atoms with Crippen LogP contribution in [0.25, 0.3) is 0 Å². The first-order valence-corrected chi connectivity index (χ1v) is 8.97. The molecule has 1 aromatic heterocycles. The molecule has 0 spiro atoms. The van der Waals surface area contributed by atoms with E-state index in [1.54, 1.807) is 23.0 Å². The summed E-state index contributed by atoms with van der Waals surface area (Å²) >= 11 is 0. The first-order chi connectivity index (χ1) is 12.1. The monoisotopic (exact) mass is 346 g/mol. The van der Waals surface area contributed by atoms with Crippen molar-refractivity contribution in [1.29, 1.82) is 5.26 Å². The molecule has 0 aromatic carbocycles. The van der Waals surface area contributed by atoms with Crippen molar-refractivity contribution < 1.29 is 9.53 Å². The van der Waals surface area contributed by atoms with E-state index in [0.29, 0.717) is 26.2 Å². The van der Waals surface area contributed by atoms with Crippen LogP contribution in [0.4, 0.5) is 0 Å². The highest BCUT2D eigenvalue weighted by atomic mass is 16.5. The van der Waals surface area contributed by atoms with E-state index in [0.717, 1.165) is 38.6 Å². The van der Waals surface area contributed by atoms with Crippen LogP contribution in [0.5, 0.6) is 0 Å². The standard InChI is InChI=1S/C17H26N6O2/c1-21(17(12-18)5-3-2-4-6-17)16(24)11-22-7-8-25-15(9-22)10-23-14-19-13-20-23/h13-15H,2-11H2,1H3/t15-/m0/s1. The van der Waals surface area contributed by atoms with Crippen LogP contribution >= 0.6 is 0 Å². The van der Waals surface area contributed by atoms with Gasteiger partial charge in [0.25, 0.3) is 0 Å². The van der Waals surface area contributed by atoms with Crippen molar-refractivity contribution in [3.05, 3.63) is 12.7 Å². The lowest BCUT2D eigenvalue weighted by Crippen LogP contribution is -2.54. The quantitative estimate of drug-likeness (QED) is 0.778. The van der Waals surface area contributed by atoms with Crippen molar-refractivity contribution in [2.45, 2.75) is 50.3 Å². The molecule has 1 aliphatic heterocycles. The van der Waals surface area contributed by atoms with Gasteiger partial charge in [-0.05, 0) is 12.8 Å². The maximum absolute atomic E-state index is 12.8. The van der Waals surface area contributed by atoms with E-state index in [1.807, 2.05) is 0 Å². The van der Waals surface area contributed by atoms with Crippen molar-refractivity contribution in [2.24, 2.45) is 0 Å². The molecule has 0 radical (unpaired) electrons. The molecule has 25 heavy (non-hydrogen) atoms. The van der Waals surface area contributed by atoms with Gasteiger partial charge in [-0.1, -0.05) is 19.3 Å². The minimum absolute atomic E-state index is 0.00633. The predicted octanol–water partition coefficient (Wildman–Crippen LogP) is 0.664. The first-order valence-electron chi connectivity index (χ1n) is 8.97. The van der Waals surface area contributed by atoms with Gasteiger partial charge in [-0.3, -0.25) is 14.4 Å². The van der Waals surface area contributed by atoms with Crippen molar-refractivity contribution in [3.63, 3.8) is 0 Å². The average Bonchev–Trinajstić information content (AvgIpc) is 3.15. The Bertz CT molecular complexity index is 605. The summed E-state index contributed by atoms with van der Waals surface area (Å²) in [6.07, 6.45) is 7.91. The minimum Gasteiger partial charge on any atom is -0.374 e. The normalized spacial score (nSPS) is 23.8. The van der Waals surface area contributed by atoms with Gasteiger partial charge in [-0.25, -0.2) is 4.98 Å². The molecule has 8 nitrogen and oxygen atoms in total. The number of likely N-dealkylation sites (N-methyl/N-ethyl adjacent to an activating group) is 1. The van der Waals surface area contributed by atoms with Gasteiger partial charge in [-0.15, -0.1) is 0 Å². The molecule has 1 atom stereocenters. The second-order valence-corrected chi connectivity index (χ2v) is 7.00. The number of nitrogens with zero attached hydrogens (tertiary/aromatic N) is 6. The number of ether oxygens (including phenoxy) is 1. The maximum Gasteiger partial charge on any atom is 0.237 e. The zero-order chi connectivity index (χ0) is 17.7. The van der Waals surface area contributed by atoms with Crippen molar-refractivity contribution in [3.8, 4) is 6.07 Å². The topological polar surface area (TPSA) is 87.3 Å². The molecule has 1 saturated carbocycles. The van der Waals surface area contributed by atoms with Gasteiger partial charge in [0.05, 0.1) is 31.9 Å². The van der Waals surface area contributed by atoms with Crippen molar-refractivity contribution in [2.75, 3.05) is 33.3 Å². The summed E-state index contributed by atoms with van der Waals surface area (Å²) in [5, 5.41) is 13.8. The Morgan fingerprint density at radius 2 is 2.24 bits per heavy atom. The summed E-state index contributed by atoms with van der Waals surface area (Å²) in [5.74, 6) is 0.0184. The molecular formula is C17H26N6O2. The molecule has 136 valence electrons. The SMILES string of the molecule is CN(C(=O)CN1CCO[C@H](Cn2cncn2)C1)C1(C#N)CCCCC1. The molecule has 3 rings (SSSR count). The minimum atomic E-state index is -0.623. The molecule has 2 fully saturated rings. The molecule has 0 bridgehead atoms. The Hall–Kier alpha value is -1.98. The van der Waals surface area contributed by atoms with E-state index in [2.05, 4.69) is 21.1 Å². The maximum atomic E-state index is 12.8. The molecule has 1 aliphatic carbocycles. The third kappa shape index (κ3) is 4.17. The lowest BCUT2D eigenvalue weighted by atomic mass is 9.81. The highest BCUT2D eigenvalue weighted by molar-refractivity contribution is 5.79. The van der Waals surface area contributed by atoms with E-state index in [1.165, 1.54) is 6.33 Å². The number of nitriles is 1. The summed E-state index contributed by atoms with van der Waals surface area (Å²) in [7, 11) is 1.78. The third-order valence-electron chi connectivity index (χ3n) is 5.34. The summed E-state index contributed by atoms with van der Waals surface area (Å²) in [4.78, 5) is 20.5. The Morgan fingerprint density at radius 3 is 2.92 bits per heavy atom. The molecule has 0 N–H and O–H groups in total. The summed E-state index contributed by atoms with van der Waals surface area (Å²) < 4.78 is 7.52. The lowest BCUT2D eigenvalue weighted by molar-refractivity contribution is -0.138. The first kappa shape index (κ1) is 17.8. The van der Waals surface area contributed by atoms with Gasteiger partial charge in [0.1, 0.15) is 18.2 Å². The number of rotatable bonds is 5. The molecule has 2 heterocycles. The predicted molar refractivity (Wildman–Crippen MR) is 90.4 cm³/mol. The summed E-state index contributed by atoms with van der Waals surface area (Å²) in [5.41, 5.74) is -0.623. The van der Waals surface area contributed by atoms with Crippen LogP contribution < -0.4 is 0 Å². The Kier molecular flexibility index (Phi) is 5.66. The van der Waals surface area contributed by atoms with Crippen LogP contribution in [0.1, 0.15) is 32.1 Å². The molecule has 1 aromatic rings. The number of morpholine rings is 1. The fourth-order valence-electron chi connectivity index (χ4n) is 3.77. The fraction of sp³-hybridized carbons (Fsp3) is 0.765. The van der Waals surface area contributed by atoms with Gasteiger partial charge in [0.2, 0.25) is 5.91 Å². The van der Waals surface area contributed by atoms with Crippen LogP contribution in [0, 0.1) is 11.3 Å². The van der Waals surface area contributed by atoms with E-state index >= 15 is 0 Å². The molecule has 1 saturated heterocycles. The smallest absolute Gasteiger partial charge is 0.237 e. The molecular weight excluding hydrogens is 320 g/mol. The second-order valence-electron chi connectivity index (χ2n) is 7.00. The van der Waals surface area contributed by atoms with E-state index in [4.69, 9.17) is 4.74 Å². The van der Waals surface area contributed by atoms with Crippen molar-refractivity contribution >= 4 is 5.91 Å². The fourth-order valence-corrected chi connectivity index (χ4v) is 3.77. The second kappa shape index (κ2) is 7.93. The molecule has 0 unspecified atom stereocenters. The van der Waals surface area contributed by atoms with Crippen LogP contribution in [0.15, 0.2) is 12.7 Å². The zero-order valence-corrected chi connectivity index (χ0v) is 14.8. The Labute approximate surface area is 148 Å². The van der Waals surface area contributed by atoms with Gasteiger partial charge in [-0.2, -0.15) is 10.4 Å². The van der Waals surface area contributed by atoms with Crippen molar-refractivity contribution in [1.82, 2.24) is 24.6 Å². The number of amides is 1. The van der Waals surface area contributed by atoms with Crippen LogP contribution in [0.3, 0.4) is 0 Å². The van der Waals surface area contributed by atoms with Gasteiger partial charge in [0.15, 0.2) is 0 Å². The largest absolute Gasteiger partial charge is 0.374 e. The summed E-state index contributed by atoms with van der Waals surface area (Å²) in [6.45, 7) is 2.96. The van der Waals surface area contributed by atoms with E-state index < -0.39 is 5.54 Å². The van der Waals surface area contributed by atoms with Gasteiger partial charge >= 0.3 is 0 Å². The molecule has 1 amide bonds. The Balaban J connectivity index is 1.55. The molecule has 8 heteroatoms. The van der Waals surface area contributed by atoms with Gasteiger partial charge in [0, 0.05) is 20.1 Å². The van der Waals surface area contributed by atoms with Gasteiger partial charge < -0.3 is 9.64 Å². The highest BCUT2D eigenvalue weighted by Crippen LogP contribution is 2.32. The van der Waals surface area contributed by atoms with E-state index in [-0.39, 0.29) is 12.0 Å². The lowest BCUT2D eigenvalue weighted by Gasteiger charge is -2.40. The van der Waals surface area contributed by atoms with E-state index in [9.17, 15) is 10.1 Å². The number of carbonyl (C=O) groups excluding carboxylic acids is 1. The Morgan fingerprint density at radius 1 is 1.44 bits per heavy atom. The van der Waals surface area contributed by atoms with Crippen LogP contribution in [-0.2, 0) is 16.1 Å². The highest BCUT2D eigenvalue weighted by Gasteiger charge is 2.39. The van der Waals surface area contributed by atoms with Crippen LogP contribution in [-0.4, -0.2) is 75.4 Å². The number of hydrogen-bond donors (Lipinski definition) is 0. The summed E-state index contributed by atoms with van der Waals surface area (Å²) in [6, 6.07) is 2.42. The zero-order valence-electron chi connectivity index (χ0n) is 14.8. The van der Waals surface area contributed by atoms with Crippen LogP contribution in [0.2, 0.25) is 0 Å². The third-order valence-corrected chi connectivity index (χ3v) is 5.34. The number of hydrogen-bond acceptors (Lipinski definition) is 6. The average molecular weight is 346 g/mol. The number of aromatic nitrogens is 3. The molecule has 2 aliphatic rings.